The van der Waals surface area contributed by atoms with Gasteiger partial charge >= 0.3 is 0 Å². The highest BCUT2D eigenvalue weighted by atomic mass is 32.1. The molecule has 1 aromatic heterocycles. The normalized spacial score (nSPS) is 10.8. The molecule has 0 aliphatic heterocycles. The standard InChI is InChI=1S/C22H24N2O3S/c1-14(2)17-10-9-16(11-15(17)3)27-12-21(25)24-22-23-19(13-28-22)18-7-5-6-8-20(18)26-4/h5-11,13-14H,12H2,1-4H3,(H,23,24,25). The molecule has 1 heterocycles. The Bertz CT molecular complexity index is 966. The van der Waals surface area contributed by atoms with Crippen molar-refractivity contribution in [2.24, 2.45) is 0 Å². The Labute approximate surface area is 169 Å². The van der Waals surface area contributed by atoms with Gasteiger partial charge in [0, 0.05) is 10.9 Å². The molecule has 1 N–H and O–H groups in total. The van der Waals surface area contributed by atoms with Gasteiger partial charge in [0.2, 0.25) is 0 Å². The third-order valence-corrected chi connectivity index (χ3v) is 5.12. The number of ether oxygens (including phenoxy) is 2. The Morgan fingerprint density at radius 1 is 1.21 bits per heavy atom. The van der Waals surface area contributed by atoms with Gasteiger partial charge in [-0.2, -0.15) is 0 Å². The molecule has 0 spiro atoms. The number of amides is 1. The molecule has 0 aliphatic carbocycles. The van der Waals surface area contributed by atoms with E-state index in [-0.39, 0.29) is 12.5 Å². The van der Waals surface area contributed by atoms with Gasteiger partial charge in [0.1, 0.15) is 11.5 Å². The summed E-state index contributed by atoms with van der Waals surface area (Å²) in [6, 6.07) is 13.6. The average Bonchev–Trinajstić information content (AvgIpc) is 3.14. The number of rotatable bonds is 7. The highest BCUT2D eigenvalue weighted by Gasteiger charge is 2.12. The fourth-order valence-corrected chi connectivity index (χ4v) is 3.73. The number of benzene rings is 2. The molecule has 28 heavy (non-hydrogen) atoms. The number of nitrogens with one attached hydrogen (secondary N) is 1. The Balaban J connectivity index is 1.60. The van der Waals surface area contributed by atoms with E-state index < -0.39 is 0 Å². The predicted octanol–water partition coefficient (Wildman–Crippen LogP) is 5.27. The maximum absolute atomic E-state index is 12.2. The van der Waals surface area contributed by atoms with E-state index in [4.69, 9.17) is 9.47 Å². The minimum absolute atomic E-state index is 0.0654. The largest absolute Gasteiger partial charge is 0.496 e. The molecule has 3 aromatic rings. The SMILES string of the molecule is COc1ccccc1-c1csc(NC(=O)COc2ccc(C(C)C)c(C)c2)n1. The van der Waals surface area contributed by atoms with E-state index in [1.54, 1.807) is 7.11 Å². The van der Waals surface area contributed by atoms with Crippen LogP contribution in [-0.4, -0.2) is 24.6 Å². The van der Waals surface area contributed by atoms with Gasteiger partial charge in [-0.25, -0.2) is 4.98 Å². The first-order chi connectivity index (χ1) is 13.5. The minimum atomic E-state index is -0.244. The first-order valence-corrected chi connectivity index (χ1v) is 9.98. The van der Waals surface area contributed by atoms with Crippen molar-refractivity contribution in [3.05, 3.63) is 59.0 Å². The third-order valence-electron chi connectivity index (χ3n) is 4.37. The Morgan fingerprint density at radius 2 is 2.00 bits per heavy atom. The second-order valence-electron chi connectivity index (χ2n) is 6.75. The smallest absolute Gasteiger partial charge is 0.264 e. The van der Waals surface area contributed by atoms with Crippen LogP contribution in [0, 0.1) is 6.92 Å². The lowest BCUT2D eigenvalue weighted by molar-refractivity contribution is -0.118. The first kappa shape index (κ1) is 19.9. The van der Waals surface area contributed by atoms with Crippen LogP contribution in [0.1, 0.15) is 30.9 Å². The number of carbonyl (C=O) groups excluding carboxylic acids is 1. The molecule has 0 bridgehead atoms. The van der Waals surface area contributed by atoms with E-state index in [1.807, 2.05) is 47.8 Å². The fraction of sp³-hybridized carbons (Fsp3) is 0.273. The van der Waals surface area contributed by atoms with Crippen LogP contribution in [0.2, 0.25) is 0 Å². The zero-order chi connectivity index (χ0) is 20.1. The number of methoxy groups -OCH3 is 1. The molecule has 0 unspecified atom stereocenters. The molecule has 0 fully saturated rings. The van der Waals surface area contributed by atoms with Crippen molar-refractivity contribution in [2.75, 3.05) is 19.0 Å². The zero-order valence-electron chi connectivity index (χ0n) is 16.5. The molecule has 0 saturated heterocycles. The molecular formula is C22H24N2O3S. The van der Waals surface area contributed by atoms with Crippen molar-refractivity contribution in [3.63, 3.8) is 0 Å². The van der Waals surface area contributed by atoms with Gasteiger partial charge in [0.15, 0.2) is 11.7 Å². The number of aromatic nitrogens is 1. The molecule has 0 saturated carbocycles. The van der Waals surface area contributed by atoms with Crippen LogP contribution in [0.5, 0.6) is 11.5 Å². The van der Waals surface area contributed by atoms with Crippen molar-refractivity contribution < 1.29 is 14.3 Å². The molecule has 1 amide bonds. The maximum Gasteiger partial charge on any atom is 0.264 e. The average molecular weight is 397 g/mol. The highest BCUT2D eigenvalue weighted by Crippen LogP contribution is 2.31. The Hall–Kier alpha value is -2.86. The maximum atomic E-state index is 12.2. The fourth-order valence-electron chi connectivity index (χ4n) is 3.00. The van der Waals surface area contributed by atoms with Crippen LogP contribution in [0.3, 0.4) is 0 Å². The van der Waals surface area contributed by atoms with Gasteiger partial charge < -0.3 is 9.47 Å². The van der Waals surface area contributed by atoms with Crippen molar-refractivity contribution >= 4 is 22.4 Å². The van der Waals surface area contributed by atoms with Gasteiger partial charge in [-0.05, 0) is 48.2 Å². The van der Waals surface area contributed by atoms with E-state index in [9.17, 15) is 4.79 Å². The van der Waals surface area contributed by atoms with E-state index in [0.29, 0.717) is 16.8 Å². The first-order valence-electron chi connectivity index (χ1n) is 9.10. The van der Waals surface area contributed by atoms with Gasteiger partial charge in [0.05, 0.1) is 12.8 Å². The third kappa shape index (κ3) is 4.70. The molecule has 146 valence electrons. The van der Waals surface area contributed by atoms with Crippen LogP contribution >= 0.6 is 11.3 Å². The number of anilines is 1. The molecule has 0 atom stereocenters. The zero-order valence-corrected chi connectivity index (χ0v) is 17.3. The van der Waals surface area contributed by atoms with Crippen molar-refractivity contribution in [1.29, 1.82) is 0 Å². The summed E-state index contributed by atoms with van der Waals surface area (Å²) in [5.74, 6) is 1.64. The van der Waals surface area contributed by atoms with E-state index in [2.05, 4.69) is 31.1 Å². The van der Waals surface area contributed by atoms with Gasteiger partial charge in [-0.15, -0.1) is 11.3 Å². The highest BCUT2D eigenvalue weighted by molar-refractivity contribution is 7.14. The summed E-state index contributed by atoms with van der Waals surface area (Å²) < 4.78 is 11.0. The van der Waals surface area contributed by atoms with Crippen molar-refractivity contribution in [3.8, 4) is 22.8 Å². The van der Waals surface area contributed by atoms with Crippen molar-refractivity contribution in [2.45, 2.75) is 26.7 Å². The summed E-state index contributed by atoms with van der Waals surface area (Å²) in [6.45, 7) is 6.30. The second kappa shape index (κ2) is 8.89. The lowest BCUT2D eigenvalue weighted by Crippen LogP contribution is -2.20. The number of para-hydroxylation sites is 1. The monoisotopic (exact) mass is 396 g/mol. The Morgan fingerprint density at radius 3 is 2.71 bits per heavy atom. The van der Waals surface area contributed by atoms with Crippen LogP contribution in [-0.2, 0) is 4.79 Å². The lowest BCUT2D eigenvalue weighted by Gasteiger charge is -2.12. The second-order valence-corrected chi connectivity index (χ2v) is 7.61. The quantitative estimate of drug-likeness (QED) is 0.591. The number of aryl methyl sites for hydroxylation is 1. The summed E-state index contributed by atoms with van der Waals surface area (Å²) in [4.78, 5) is 16.7. The van der Waals surface area contributed by atoms with Gasteiger partial charge in [0.25, 0.3) is 5.91 Å². The van der Waals surface area contributed by atoms with Crippen molar-refractivity contribution in [1.82, 2.24) is 4.98 Å². The molecule has 3 rings (SSSR count). The molecule has 2 aromatic carbocycles. The summed E-state index contributed by atoms with van der Waals surface area (Å²) >= 11 is 1.37. The number of hydrogen-bond acceptors (Lipinski definition) is 5. The van der Waals surface area contributed by atoms with E-state index >= 15 is 0 Å². The molecule has 5 nitrogen and oxygen atoms in total. The number of thiazole rings is 1. The lowest BCUT2D eigenvalue weighted by atomic mass is 9.98. The van der Waals surface area contributed by atoms with Gasteiger partial charge in [-0.1, -0.05) is 32.0 Å². The van der Waals surface area contributed by atoms with Crippen LogP contribution in [0.15, 0.2) is 47.8 Å². The predicted molar refractivity (Wildman–Crippen MR) is 113 cm³/mol. The summed E-state index contributed by atoms with van der Waals surface area (Å²) in [7, 11) is 1.63. The van der Waals surface area contributed by atoms with Crippen LogP contribution < -0.4 is 14.8 Å². The van der Waals surface area contributed by atoms with E-state index in [0.717, 1.165) is 22.6 Å². The summed E-state index contributed by atoms with van der Waals surface area (Å²) in [5.41, 5.74) is 4.09. The molecule has 6 heteroatoms. The molecule has 0 radical (unpaired) electrons. The number of hydrogen-bond donors (Lipinski definition) is 1. The topological polar surface area (TPSA) is 60.5 Å². The van der Waals surface area contributed by atoms with Gasteiger partial charge in [-0.3, -0.25) is 10.1 Å². The number of carbonyl (C=O) groups is 1. The summed E-state index contributed by atoms with van der Waals surface area (Å²) in [5, 5.41) is 5.21. The molecule has 0 aliphatic rings. The summed E-state index contributed by atoms with van der Waals surface area (Å²) in [6.07, 6.45) is 0. The van der Waals surface area contributed by atoms with Crippen LogP contribution in [0.25, 0.3) is 11.3 Å². The number of nitrogens with zero attached hydrogens (tertiary/aromatic N) is 1. The Kier molecular flexibility index (Phi) is 6.31. The molecular weight excluding hydrogens is 372 g/mol. The minimum Gasteiger partial charge on any atom is -0.496 e. The van der Waals surface area contributed by atoms with Crippen LogP contribution in [0.4, 0.5) is 5.13 Å². The van der Waals surface area contributed by atoms with E-state index in [1.165, 1.54) is 16.9 Å².